The van der Waals surface area contributed by atoms with Gasteiger partial charge in [0.25, 0.3) is 0 Å². The van der Waals surface area contributed by atoms with Gasteiger partial charge in [0.15, 0.2) is 5.82 Å². The molecule has 3 N–H and O–H groups in total. The van der Waals surface area contributed by atoms with Gasteiger partial charge in [-0.15, -0.1) is 0 Å². The van der Waals surface area contributed by atoms with Crippen molar-refractivity contribution in [3.8, 4) is 0 Å². The lowest BCUT2D eigenvalue weighted by molar-refractivity contribution is 0.108. The first-order valence-corrected chi connectivity index (χ1v) is 5.70. The molecule has 1 aromatic rings. The molecule has 0 saturated carbocycles. The summed E-state index contributed by atoms with van der Waals surface area (Å²) in [5.41, 5.74) is 5.63. The van der Waals surface area contributed by atoms with Gasteiger partial charge in [-0.25, -0.2) is 0 Å². The average Bonchev–Trinajstić information content (AvgIpc) is 2.80. The molecule has 1 fully saturated rings. The molecule has 0 spiro atoms. The first-order valence-electron chi connectivity index (χ1n) is 5.70. The van der Waals surface area contributed by atoms with Gasteiger partial charge in [0.05, 0.1) is 12.6 Å². The van der Waals surface area contributed by atoms with Crippen LogP contribution in [0.2, 0.25) is 0 Å². The Morgan fingerprint density at radius 1 is 1.53 bits per heavy atom. The van der Waals surface area contributed by atoms with Crippen LogP contribution in [0.25, 0.3) is 0 Å². The second-order valence-electron chi connectivity index (χ2n) is 4.54. The molecule has 0 bridgehead atoms. The minimum atomic E-state index is -0.595. The molecule has 1 aliphatic heterocycles. The Morgan fingerprint density at radius 3 is 3.00 bits per heavy atom. The van der Waals surface area contributed by atoms with Gasteiger partial charge in [-0.05, 0) is 14.1 Å². The maximum Gasteiger partial charge on any atom is 0.245 e. The Balaban J connectivity index is 2.13. The fraction of sp³-hybridized carbons (Fsp3) is 0.800. The molecular weight excluding hydrogens is 222 g/mol. The lowest BCUT2D eigenvalue weighted by Gasteiger charge is -2.35. The van der Waals surface area contributed by atoms with Gasteiger partial charge in [-0.3, -0.25) is 4.90 Å². The smallest absolute Gasteiger partial charge is 0.245 e. The van der Waals surface area contributed by atoms with E-state index in [9.17, 15) is 0 Å². The molecule has 1 unspecified atom stereocenters. The summed E-state index contributed by atoms with van der Waals surface area (Å²) in [4.78, 5) is 8.68. The van der Waals surface area contributed by atoms with Crippen LogP contribution in [-0.4, -0.2) is 65.4 Å². The van der Waals surface area contributed by atoms with Crippen LogP contribution in [0.5, 0.6) is 0 Å². The third-order valence-corrected chi connectivity index (χ3v) is 3.12. The second-order valence-corrected chi connectivity index (χ2v) is 4.54. The highest BCUT2D eigenvalue weighted by atomic mass is 16.5. The van der Waals surface area contributed by atoms with Gasteiger partial charge in [-0.2, -0.15) is 4.98 Å². The van der Waals surface area contributed by atoms with Crippen LogP contribution in [-0.2, 0) is 0 Å². The number of hydrogen-bond acceptors (Lipinski definition) is 7. The molecule has 2 rings (SSSR count). The first kappa shape index (κ1) is 12.4. The van der Waals surface area contributed by atoms with E-state index in [4.69, 9.17) is 15.4 Å². The summed E-state index contributed by atoms with van der Waals surface area (Å²) in [6.07, 6.45) is 0. The van der Waals surface area contributed by atoms with E-state index in [1.54, 1.807) is 0 Å². The summed E-state index contributed by atoms with van der Waals surface area (Å²) in [6.45, 7) is 2.68. The quantitative estimate of drug-likeness (QED) is 0.699. The van der Waals surface area contributed by atoms with E-state index in [0.29, 0.717) is 11.7 Å². The van der Waals surface area contributed by atoms with Crippen molar-refractivity contribution in [2.45, 2.75) is 12.1 Å². The van der Waals surface area contributed by atoms with Gasteiger partial charge in [0, 0.05) is 19.6 Å². The largest absolute Gasteiger partial charge is 0.394 e. The Morgan fingerprint density at radius 2 is 2.29 bits per heavy atom. The Hall–Kier alpha value is -1.02. The first-order chi connectivity index (χ1) is 8.11. The van der Waals surface area contributed by atoms with Crippen molar-refractivity contribution in [2.75, 3.05) is 40.3 Å². The standard InChI is InChI=1S/C10H19N5O2/c1-14-3-4-15(2)8(5-14)9-12-10(17-13-9)7(11)6-16/h7-8,16H,3-6,11H2,1-2H3/t7-,8?/m0/s1. The van der Waals surface area contributed by atoms with E-state index in [0.717, 1.165) is 19.6 Å². The predicted molar refractivity (Wildman–Crippen MR) is 61.2 cm³/mol. The van der Waals surface area contributed by atoms with Gasteiger partial charge in [-0.1, -0.05) is 5.16 Å². The van der Waals surface area contributed by atoms with E-state index in [1.165, 1.54) is 0 Å². The Kier molecular flexibility index (Phi) is 3.72. The summed E-state index contributed by atoms with van der Waals surface area (Å²) in [5, 5.41) is 12.9. The molecule has 7 nitrogen and oxygen atoms in total. The second kappa shape index (κ2) is 5.09. The van der Waals surface area contributed by atoms with Crippen LogP contribution in [0.3, 0.4) is 0 Å². The fourth-order valence-electron chi connectivity index (χ4n) is 1.90. The van der Waals surface area contributed by atoms with Crippen molar-refractivity contribution >= 4 is 0 Å². The minimum absolute atomic E-state index is 0.122. The van der Waals surface area contributed by atoms with Crippen LogP contribution in [0.1, 0.15) is 23.8 Å². The number of nitrogens with zero attached hydrogens (tertiary/aromatic N) is 4. The SMILES string of the molecule is CN1CCN(C)C(c2noc([C@@H](N)CO)n2)C1. The molecular formula is C10H19N5O2. The highest BCUT2D eigenvalue weighted by Crippen LogP contribution is 2.21. The van der Waals surface area contributed by atoms with Crippen LogP contribution in [0.15, 0.2) is 4.52 Å². The molecule has 0 aliphatic carbocycles. The molecule has 1 saturated heterocycles. The van der Waals surface area contributed by atoms with E-state index in [1.807, 2.05) is 7.05 Å². The van der Waals surface area contributed by atoms with Gasteiger partial charge >= 0.3 is 0 Å². The Bertz CT molecular complexity index is 369. The van der Waals surface area contributed by atoms with Crippen molar-refractivity contribution in [1.82, 2.24) is 19.9 Å². The topological polar surface area (TPSA) is 91.7 Å². The number of nitrogens with two attached hydrogens (primary N) is 1. The molecule has 0 amide bonds. The maximum atomic E-state index is 8.93. The number of piperazine rings is 1. The predicted octanol–water partition coefficient (Wildman–Crippen LogP) is -1.02. The molecule has 0 radical (unpaired) electrons. The van der Waals surface area contributed by atoms with Gasteiger partial charge < -0.3 is 20.3 Å². The zero-order chi connectivity index (χ0) is 12.4. The highest BCUT2D eigenvalue weighted by Gasteiger charge is 2.28. The minimum Gasteiger partial charge on any atom is -0.394 e. The van der Waals surface area contributed by atoms with Crippen LogP contribution < -0.4 is 5.73 Å². The monoisotopic (exact) mass is 241 g/mol. The van der Waals surface area contributed by atoms with E-state index in [2.05, 4.69) is 27.0 Å². The number of hydrogen-bond donors (Lipinski definition) is 2. The van der Waals surface area contributed by atoms with Gasteiger partial charge in [0.1, 0.15) is 6.04 Å². The number of likely N-dealkylation sites (N-methyl/N-ethyl adjacent to an activating group) is 2. The summed E-state index contributed by atoms with van der Waals surface area (Å²) >= 11 is 0. The number of aliphatic hydroxyl groups excluding tert-OH is 1. The zero-order valence-corrected chi connectivity index (χ0v) is 10.2. The van der Waals surface area contributed by atoms with Crippen LogP contribution >= 0.6 is 0 Å². The van der Waals surface area contributed by atoms with Crippen molar-refractivity contribution in [2.24, 2.45) is 5.73 Å². The number of rotatable bonds is 3. The van der Waals surface area contributed by atoms with E-state index in [-0.39, 0.29) is 12.6 Å². The van der Waals surface area contributed by atoms with Crippen LogP contribution in [0, 0.1) is 0 Å². The zero-order valence-electron chi connectivity index (χ0n) is 10.2. The summed E-state index contributed by atoms with van der Waals surface area (Å²) in [6, 6.07) is -0.472. The third kappa shape index (κ3) is 2.63. The summed E-state index contributed by atoms with van der Waals surface area (Å²) in [5.74, 6) is 0.932. The van der Waals surface area contributed by atoms with Crippen molar-refractivity contribution in [1.29, 1.82) is 0 Å². The maximum absolute atomic E-state index is 8.93. The van der Waals surface area contributed by atoms with Crippen molar-refractivity contribution in [3.63, 3.8) is 0 Å². The molecule has 96 valence electrons. The van der Waals surface area contributed by atoms with Crippen molar-refractivity contribution < 1.29 is 9.63 Å². The number of aromatic nitrogens is 2. The van der Waals surface area contributed by atoms with E-state index < -0.39 is 6.04 Å². The normalized spacial score (nSPS) is 25.1. The lowest BCUT2D eigenvalue weighted by atomic mass is 10.2. The average molecular weight is 241 g/mol. The Labute approximate surface area is 100 Å². The molecule has 7 heteroatoms. The summed E-state index contributed by atoms with van der Waals surface area (Å²) in [7, 11) is 4.11. The molecule has 17 heavy (non-hydrogen) atoms. The molecule has 1 aliphatic rings. The molecule has 2 heterocycles. The molecule has 1 aromatic heterocycles. The highest BCUT2D eigenvalue weighted by molar-refractivity contribution is 5.00. The third-order valence-electron chi connectivity index (χ3n) is 3.12. The fourth-order valence-corrected chi connectivity index (χ4v) is 1.90. The molecule has 0 aromatic carbocycles. The van der Waals surface area contributed by atoms with Crippen LogP contribution in [0.4, 0.5) is 0 Å². The number of aliphatic hydroxyl groups is 1. The van der Waals surface area contributed by atoms with Gasteiger partial charge in [0.2, 0.25) is 5.89 Å². The van der Waals surface area contributed by atoms with E-state index >= 15 is 0 Å². The van der Waals surface area contributed by atoms with Crippen molar-refractivity contribution in [3.05, 3.63) is 11.7 Å². The lowest BCUT2D eigenvalue weighted by Crippen LogP contribution is -2.45. The summed E-state index contributed by atoms with van der Waals surface area (Å²) < 4.78 is 5.06. The molecule has 2 atom stereocenters.